The first-order valence-corrected chi connectivity index (χ1v) is 8.58. The van der Waals surface area contributed by atoms with Gasteiger partial charge in [0.05, 0.1) is 6.10 Å². The SMILES string of the molecule is CC(CCCCC1CCC(O)CC1)C1CC=CCC1. The normalized spacial score (nSPS) is 33.3. The molecule has 0 amide bonds. The summed E-state index contributed by atoms with van der Waals surface area (Å²) in [4.78, 5) is 0. The summed E-state index contributed by atoms with van der Waals surface area (Å²) in [5.41, 5.74) is 0. The van der Waals surface area contributed by atoms with E-state index in [0.717, 1.165) is 30.6 Å². The molecular formula is C18H32O. The summed E-state index contributed by atoms with van der Waals surface area (Å²) in [7, 11) is 0. The molecule has 2 aliphatic carbocycles. The first kappa shape index (κ1) is 15.1. The Morgan fingerprint density at radius 1 is 1.05 bits per heavy atom. The van der Waals surface area contributed by atoms with Gasteiger partial charge >= 0.3 is 0 Å². The van der Waals surface area contributed by atoms with Crippen LogP contribution in [0, 0.1) is 17.8 Å². The highest BCUT2D eigenvalue weighted by Crippen LogP contribution is 2.31. The Morgan fingerprint density at radius 2 is 1.84 bits per heavy atom. The summed E-state index contributed by atoms with van der Waals surface area (Å²) < 4.78 is 0. The van der Waals surface area contributed by atoms with Gasteiger partial charge in [-0.25, -0.2) is 0 Å². The van der Waals surface area contributed by atoms with Gasteiger partial charge in [0.25, 0.3) is 0 Å². The Morgan fingerprint density at radius 3 is 2.53 bits per heavy atom. The predicted molar refractivity (Wildman–Crippen MR) is 82.1 cm³/mol. The molecule has 0 bridgehead atoms. The van der Waals surface area contributed by atoms with Crippen molar-refractivity contribution in [3.63, 3.8) is 0 Å². The maximum atomic E-state index is 9.51. The van der Waals surface area contributed by atoms with Crippen LogP contribution in [0.5, 0.6) is 0 Å². The third-order valence-electron chi connectivity index (χ3n) is 5.45. The van der Waals surface area contributed by atoms with Gasteiger partial charge in [0, 0.05) is 0 Å². The molecule has 2 atom stereocenters. The van der Waals surface area contributed by atoms with E-state index in [1.165, 1.54) is 57.8 Å². The number of rotatable bonds is 6. The Kier molecular flexibility index (Phi) is 6.43. The molecule has 0 aromatic carbocycles. The van der Waals surface area contributed by atoms with Crippen molar-refractivity contribution >= 4 is 0 Å². The smallest absolute Gasteiger partial charge is 0.0540 e. The van der Waals surface area contributed by atoms with Crippen LogP contribution >= 0.6 is 0 Å². The fourth-order valence-corrected chi connectivity index (χ4v) is 3.90. The van der Waals surface area contributed by atoms with Crippen molar-refractivity contribution < 1.29 is 5.11 Å². The third-order valence-corrected chi connectivity index (χ3v) is 5.45. The standard InChI is InChI=1S/C18H32O/c1-15(17-9-3-2-4-10-17)7-5-6-8-16-11-13-18(19)14-12-16/h2-3,15-19H,4-14H2,1H3. The molecule has 0 aromatic rings. The van der Waals surface area contributed by atoms with Crippen LogP contribution in [-0.2, 0) is 0 Å². The number of aliphatic hydroxyl groups excluding tert-OH is 1. The molecular weight excluding hydrogens is 232 g/mol. The number of aliphatic hydroxyl groups is 1. The largest absolute Gasteiger partial charge is 0.393 e. The van der Waals surface area contributed by atoms with Crippen LogP contribution in [-0.4, -0.2) is 11.2 Å². The molecule has 2 aliphatic rings. The summed E-state index contributed by atoms with van der Waals surface area (Å²) >= 11 is 0. The highest BCUT2D eigenvalue weighted by Gasteiger charge is 2.20. The molecule has 0 aromatic heterocycles. The second-order valence-electron chi connectivity index (χ2n) is 6.98. The number of hydrogen-bond donors (Lipinski definition) is 1. The Balaban J connectivity index is 1.52. The first-order valence-electron chi connectivity index (χ1n) is 8.58. The summed E-state index contributed by atoms with van der Waals surface area (Å²) in [6.45, 7) is 2.46. The zero-order valence-electron chi connectivity index (χ0n) is 12.7. The molecule has 1 nitrogen and oxygen atoms in total. The first-order chi connectivity index (χ1) is 9.25. The summed E-state index contributed by atoms with van der Waals surface area (Å²) in [5, 5.41) is 9.51. The maximum absolute atomic E-state index is 9.51. The molecule has 2 unspecified atom stereocenters. The van der Waals surface area contributed by atoms with Gasteiger partial charge in [0.2, 0.25) is 0 Å². The van der Waals surface area contributed by atoms with Gasteiger partial charge in [-0.2, -0.15) is 0 Å². The summed E-state index contributed by atoms with van der Waals surface area (Å²) in [6.07, 6.45) is 19.1. The predicted octanol–water partition coefficient (Wildman–Crippen LogP) is 5.09. The van der Waals surface area contributed by atoms with Crippen LogP contribution in [0.4, 0.5) is 0 Å². The molecule has 110 valence electrons. The van der Waals surface area contributed by atoms with Crippen LogP contribution in [0.15, 0.2) is 12.2 Å². The van der Waals surface area contributed by atoms with Crippen molar-refractivity contribution in [3.8, 4) is 0 Å². The van der Waals surface area contributed by atoms with Gasteiger partial charge in [-0.3, -0.25) is 0 Å². The second kappa shape index (κ2) is 8.09. The van der Waals surface area contributed by atoms with E-state index in [2.05, 4.69) is 19.1 Å². The van der Waals surface area contributed by atoms with Crippen LogP contribution in [0.25, 0.3) is 0 Å². The van der Waals surface area contributed by atoms with E-state index in [9.17, 15) is 5.11 Å². The lowest BCUT2D eigenvalue weighted by Crippen LogP contribution is -2.18. The van der Waals surface area contributed by atoms with Crippen molar-refractivity contribution in [2.45, 2.75) is 83.7 Å². The van der Waals surface area contributed by atoms with E-state index in [0.29, 0.717) is 0 Å². The maximum Gasteiger partial charge on any atom is 0.0540 e. The molecule has 0 radical (unpaired) electrons. The fraction of sp³-hybridized carbons (Fsp3) is 0.889. The highest BCUT2D eigenvalue weighted by atomic mass is 16.3. The third kappa shape index (κ3) is 5.30. The van der Waals surface area contributed by atoms with E-state index in [1.54, 1.807) is 0 Å². The number of hydrogen-bond acceptors (Lipinski definition) is 1. The van der Waals surface area contributed by atoms with Gasteiger partial charge in [-0.05, 0) is 62.7 Å². The molecule has 1 N–H and O–H groups in total. The molecule has 2 rings (SSSR count). The molecule has 0 spiro atoms. The van der Waals surface area contributed by atoms with Crippen LogP contribution < -0.4 is 0 Å². The minimum atomic E-state index is 0.00984. The van der Waals surface area contributed by atoms with Crippen molar-refractivity contribution in [1.29, 1.82) is 0 Å². The molecule has 1 heteroatoms. The lowest BCUT2D eigenvalue weighted by atomic mass is 9.80. The van der Waals surface area contributed by atoms with Crippen molar-refractivity contribution in [1.82, 2.24) is 0 Å². The summed E-state index contributed by atoms with van der Waals surface area (Å²) in [6, 6.07) is 0. The van der Waals surface area contributed by atoms with Gasteiger partial charge in [-0.1, -0.05) is 44.8 Å². The fourth-order valence-electron chi connectivity index (χ4n) is 3.90. The van der Waals surface area contributed by atoms with Gasteiger partial charge in [0.15, 0.2) is 0 Å². The minimum absolute atomic E-state index is 0.00984. The topological polar surface area (TPSA) is 20.2 Å². The van der Waals surface area contributed by atoms with E-state index in [4.69, 9.17) is 0 Å². The Labute approximate surface area is 119 Å². The van der Waals surface area contributed by atoms with Crippen LogP contribution in [0.1, 0.15) is 77.6 Å². The number of unbranched alkanes of at least 4 members (excludes halogenated alkanes) is 1. The number of allylic oxidation sites excluding steroid dienone is 2. The minimum Gasteiger partial charge on any atom is -0.393 e. The molecule has 0 saturated heterocycles. The van der Waals surface area contributed by atoms with Crippen molar-refractivity contribution in [2.24, 2.45) is 17.8 Å². The van der Waals surface area contributed by atoms with E-state index in [-0.39, 0.29) is 6.10 Å². The Bertz CT molecular complexity index is 263. The van der Waals surface area contributed by atoms with E-state index in [1.807, 2.05) is 0 Å². The summed E-state index contributed by atoms with van der Waals surface area (Å²) in [5.74, 6) is 2.78. The van der Waals surface area contributed by atoms with E-state index >= 15 is 0 Å². The molecule has 1 saturated carbocycles. The Hall–Kier alpha value is -0.300. The quantitative estimate of drug-likeness (QED) is 0.523. The van der Waals surface area contributed by atoms with Crippen molar-refractivity contribution in [2.75, 3.05) is 0 Å². The van der Waals surface area contributed by atoms with Crippen molar-refractivity contribution in [3.05, 3.63) is 12.2 Å². The molecule has 0 aliphatic heterocycles. The van der Waals surface area contributed by atoms with E-state index < -0.39 is 0 Å². The van der Waals surface area contributed by atoms with Gasteiger partial charge in [0.1, 0.15) is 0 Å². The average Bonchev–Trinajstić information content (AvgIpc) is 2.46. The highest BCUT2D eigenvalue weighted by molar-refractivity contribution is 4.91. The zero-order chi connectivity index (χ0) is 13.5. The van der Waals surface area contributed by atoms with Gasteiger partial charge in [-0.15, -0.1) is 0 Å². The molecule has 0 heterocycles. The van der Waals surface area contributed by atoms with Gasteiger partial charge < -0.3 is 5.11 Å². The zero-order valence-corrected chi connectivity index (χ0v) is 12.7. The lowest BCUT2D eigenvalue weighted by Gasteiger charge is -2.26. The molecule has 1 fully saturated rings. The van der Waals surface area contributed by atoms with Crippen LogP contribution in [0.3, 0.4) is 0 Å². The lowest BCUT2D eigenvalue weighted by molar-refractivity contribution is 0.105. The second-order valence-corrected chi connectivity index (χ2v) is 6.98. The molecule has 19 heavy (non-hydrogen) atoms. The average molecular weight is 264 g/mol. The monoisotopic (exact) mass is 264 g/mol. The van der Waals surface area contributed by atoms with Crippen LogP contribution in [0.2, 0.25) is 0 Å².